The molecule has 0 aliphatic heterocycles. The third-order valence-corrected chi connectivity index (χ3v) is 5.68. The van der Waals surface area contributed by atoms with Gasteiger partial charge in [-0.3, -0.25) is 14.4 Å². The average Bonchev–Trinajstić information content (AvgIpc) is 3.74. The normalized spacial score (nSPS) is 12.4. The Bertz CT molecular complexity index is 1220. The zero-order chi connectivity index (χ0) is 24.8. The summed E-state index contributed by atoms with van der Waals surface area (Å²) in [4.78, 5) is 37.2. The van der Waals surface area contributed by atoms with Gasteiger partial charge in [0, 0.05) is 35.7 Å². The van der Waals surface area contributed by atoms with Crippen molar-refractivity contribution in [3.05, 3.63) is 83.4 Å². The molecule has 3 aromatic carbocycles. The standard InChI is InChI=1S/C27H27N3O5/c1-34-23-15-22(24(35-2)14-21(23)29-26(32)18-6-4-3-5-7-18)30-27(33)20-10-8-17(9-11-20)16-28-25(31)19-12-13-19/h3-11,14-15,19H,12-13,16H2,1-2H3,(H,28,31)(H,29,32)(H,30,33). The number of nitrogens with one attached hydrogen (secondary N) is 3. The number of anilines is 2. The Labute approximate surface area is 203 Å². The number of ether oxygens (including phenoxy) is 2. The van der Waals surface area contributed by atoms with Crippen LogP contribution in [0.4, 0.5) is 11.4 Å². The quantitative estimate of drug-likeness (QED) is 0.431. The smallest absolute Gasteiger partial charge is 0.255 e. The third-order valence-electron chi connectivity index (χ3n) is 5.68. The number of carbonyl (C=O) groups excluding carboxylic acids is 3. The van der Waals surface area contributed by atoms with Gasteiger partial charge in [0.05, 0.1) is 25.6 Å². The maximum Gasteiger partial charge on any atom is 0.255 e. The SMILES string of the molecule is COc1cc(NC(=O)c2ccc(CNC(=O)C3CC3)cc2)c(OC)cc1NC(=O)c1ccccc1. The van der Waals surface area contributed by atoms with E-state index in [9.17, 15) is 14.4 Å². The Morgan fingerprint density at radius 1 is 0.771 bits per heavy atom. The maximum absolute atomic E-state index is 12.9. The molecule has 0 saturated heterocycles. The van der Waals surface area contributed by atoms with E-state index in [1.165, 1.54) is 14.2 Å². The molecule has 0 aromatic heterocycles. The van der Waals surface area contributed by atoms with Gasteiger partial charge in [0.15, 0.2) is 0 Å². The van der Waals surface area contributed by atoms with Gasteiger partial charge in [-0.05, 0) is 42.7 Å². The van der Waals surface area contributed by atoms with Gasteiger partial charge < -0.3 is 25.4 Å². The first-order valence-corrected chi connectivity index (χ1v) is 11.3. The first-order chi connectivity index (χ1) is 17.0. The molecule has 35 heavy (non-hydrogen) atoms. The lowest BCUT2D eigenvalue weighted by atomic mass is 10.1. The molecule has 0 heterocycles. The molecule has 4 rings (SSSR count). The predicted octanol–water partition coefficient (Wildman–Crippen LogP) is 4.23. The molecule has 1 fully saturated rings. The summed E-state index contributed by atoms with van der Waals surface area (Å²) in [6.45, 7) is 0.429. The number of amides is 3. The van der Waals surface area contributed by atoms with Gasteiger partial charge in [-0.25, -0.2) is 0 Å². The monoisotopic (exact) mass is 473 g/mol. The summed E-state index contributed by atoms with van der Waals surface area (Å²) in [5, 5.41) is 8.55. The van der Waals surface area contributed by atoms with Gasteiger partial charge in [-0.1, -0.05) is 30.3 Å². The van der Waals surface area contributed by atoms with Crippen LogP contribution in [0, 0.1) is 5.92 Å². The predicted molar refractivity (Wildman–Crippen MR) is 133 cm³/mol. The Hall–Kier alpha value is -4.33. The molecule has 8 nitrogen and oxygen atoms in total. The van der Waals surface area contributed by atoms with Gasteiger partial charge in [0.1, 0.15) is 11.5 Å². The summed E-state index contributed by atoms with van der Waals surface area (Å²) < 4.78 is 10.9. The number of methoxy groups -OCH3 is 2. The molecule has 180 valence electrons. The van der Waals surface area contributed by atoms with E-state index < -0.39 is 0 Å². The molecule has 8 heteroatoms. The van der Waals surface area contributed by atoms with Crippen LogP contribution >= 0.6 is 0 Å². The molecule has 3 aromatic rings. The topological polar surface area (TPSA) is 106 Å². The Morgan fingerprint density at radius 2 is 1.29 bits per heavy atom. The van der Waals surface area contributed by atoms with Gasteiger partial charge in [0.25, 0.3) is 11.8 Å². The first kappa shape index (κ1) is 23.8. The Morgan fingerprint density at radius 3 is 1.77 bits per heavy atom. The summed E-state index contributed by atoms with van der Waals surface area (Å²) in [6.07, 6.45) is 1.92. The van der Waals surface area contributed by atoms with E-state index in [0.29, 0.717) is 40.5 Å². The molecule has 0 bridgehead atoms. The average molecular weight is 474 g/mol. The second-order valence-electron chi connectivity index (χ2n) is 8.22. The van der Waals surface area contributed by atoms with Gasteiger partial charge in [0.2, 0.25) is 5.91 Å². The highest BCUT2D eigenvalue weighted by Crippen LogP contribution is 2.37. The number of hydrogen-bond acceptors (Lipinski definition) is 5. The summed E-state index contributed by atoms with van der Waals surface area (Å²) in [5.41, 5.74) is 2.67. The summed E-state index contributed by atoms with van der Waals surface area (Å²) in [6, 6.07) is 19.0. The zero-order valence-corrected chi connectivity index (χ0v) is 19.6. The lowest BCUT2D eigenvalue weighted by molar-refractivity contribution is -0.122. The summed E-state index contributed by atoms with van der Waals surface area (Å²) in [5.74, 6) is 0.339. The van der Waals surface area contributed by atoms with E-state index in [-0.39, 0.29) is 23.6 Å². The first-order valence-electron chi connectivity index (χ1n) is 11.3. The Balaban J connectivity index is 1.45. The second kappa shape index (κ2) is 10.7. The van der Waals surface area contributed by atoms with Crippen LogP contribution in [0.5, 0.6) is 11.5 Å². The molecule has 3 amide bonds. The van der Waals surface area contributed by atoms with Crippen LogP contribution in [-0.4, -0.2) is 31.9 Å². The lowest BCUT2D eigenvalue weighted by Gasteiger charge is -2.16. The molecule has 1 saturated carbocycles. The Kier molecular flexibility index (Phi) is 7.30. The van der Waals surface area contributed by atoms with E-state index in [1.54, 1.807) is 48.5 Å². The molecule has 1 aliphatic carbocycles. The highest BCUT2D eigenvalue weighted by molar-refractivity contribution is 6.07. The zero-order valence-electron chi connectivity index (χ0n) is 19.6. The highest BCUT2D eigenvalue weighted by atomic mass is 16.5. The highest BCUT2D eigenvalue weighted by Gasteiger charge is 2.29. The number of benzene rings is 3. The van der Waals surface area contributed by atoms with Crippen LogP contribution in [0.25, 0.3) is 0 Å². The lowest BCUT2D eigenvalue weighted by Crippen LogP contribution is -2.24. The van der Waals surface area contributed by atoms with Crippen molar-refractivity contribution in [1.82, 2.24) is 5.32 Å². The van der Waals surface area contributed by atoms with E-state index >= 15 is 0 Å². The van der Waals surface area contributed by atoms with E-state index in [2.05, 4.69) is 16.0 Å². The van der Waals surface area contributed by atoms with Crippen molar-refractivity contribution in [1.29, 1.82) is 0 Å². The molecular formula is C27H27N3O5. The van der Waals surface area contributed by atoms with Crippen LogP contribution in [0.15, 0.2) is 66.7 Å². The van der Waals surface area contributed by atoms with Crippen molar-refractivity contribution >= 4 is 29.1 Å². The van der Waals surface area contributed by atoms with E-state index in [4.69, 9.17) is 9.47 Å². The fourth-order valence-electron chi connectivity index (χ4n) is 3.52. The van der Waals surface area contributed by atoms with Crippen molar-refractivity contribution < 1.29 is 23.9 Å². The van der Waals surface area contributed by atoms with Crippen molar-refractivity contribution in [3.63, 3.8) is 0 Å². The minimum absolute atomic E-state index is 0.0799. The number of hydrogen-bond donors (Lipinski definition) is 3. The maximum atomic E-state index is 12.9. The molecule has 0 unspecified atom stereocenters. The fourth-order valence-corrected chi connectivity index (χ4v) is 3.52. The van der Waals surface area contributed by atoms with Crippen LogP contribution < -0.4 is 25.4 Å². The van der Waals surface area contributed by atoms with Crippen molar-refractivity contribution in [2.75, 3.05) is 24.9 Å². The third kappa shape index (κ3) is 5.97. The summed E-state index contributed by atoms with van der Waals surface area (Å²) >= 11 is 0. The minimum atomic E-state index is -0.333. The molecule has 3 N–H and O–H groups in total. The van der Waals surface area contributed by atoms with Crippen LogP contribution in [0.1, 0.15) is 39.1 Å². The second-order valence-corrected chi connectivity index (χ2v) is 8.22. The summed E-state index contributed by atoms with van der Waals surface area (Å²) in [7, 11) is 2.96. The molecule has 1 aliphatic rings. The van der Waals surface area contributed by atoms with E-state index in [0.717, 1.165) is 18.4 Å². The van der Waals surface area contributed by atoms with Crippen molar-refractivity contribution in [2.24, 2.45) is 5.92 Å². The molecular weight excluding hydrogens is 446 g/mol. The molecule has 0 spiro atoms. The number of rotatable bonds is 9. The van der Waals surface area contributed by atoms with Gasteiger partial charge in [-0.15, -0.1) is 0 Å². The van der Waals surface area contributed by atoms with E-state index in [1.807, 2.05) is 18.2 Å². The van der Waals surface area contributed by atoms with Crippen molar-refractivity contribution in [2.45, 2.75) is 19.4 Å². The fraction of sp³-hybridized carbons (Fsp3) is 0.222. The van der Waals surface area contributed by atoms with Gasteiger partial charge in [-0.2, -0.15) is 0 Å². The minimum Gasteiger partial charge on any atom is -0.494 e. The molecule has 0 atom stereocenters. The van der Waals surface area contributed by atoms with Crippen LogP contribution in [0.3, 0.4) is 0 Å². The van der Waals surface area contributed by atoms with Gasteiger partial charge >= 0.3 is 0 Å². The molecule has 0 radical (unpaired) electrons. The van der Waals surface area contributed by atoms with Crippen molar-refractivity contribution in [3.8, 4) is 11.5 Å². The largest absolute Gasteiger partial charge is 0.494 e. The number of carbonyl (C=O) groups is 3. The van der Waals surface area contributed by atoms with Crippen LogP contribution in [-0.2, 0) is 11.3 Å². The van der Waals surface area contributed by atoms with Crippen LogP contribution in [0.2, 0.25) is 0 Å².